The van der Waals surface area contributed by atoms with Crippen LogP contribution in [0.1, 0.15) is 49.3 Å². The first-order valence-electron chi connectivity index (χ1n) is 10.8. The molecule has 0 bridgehead atoms. The van der Waals surface area contributed by atoms with E-state index in [-0.39, 0.29) is 23.1 Å². The van der Waals surface area contributed by atoms with Gasteiger partial charge >= 0.3 is 0 Å². The average Bonchev–Trinajstić information content (AvgIpc) is 3.09. The van der Waals surface area contributed by atoms with Crippen molar-refractivity contribution in [3.63, 3.8) is 0 Å². The molecule has 1 atom stereocenters. The molecule has 7 nitrogen and oxygen atoms in total. The SMILES string of the molecule is COc1ccc(/C(O)=C2/C(=O)C(=O)N(C3CCCCC3)C2c2ccc(O)cc2)c(OC)c1. The molecule has 2 aliphatic rings. The predicted molar refractivity (Wildman–Crippen MR) is 119 cm³/mol. The van der Waals surface area contributed by atoms with Crippen LogP contribution in [0.3, 0.4) is 0 Å². The van der Waals surface area contributed by atoms with Crippen molar-refractivity contribution in [3.05, 3.63) is 59.2 Å². The number of carbonyl (C=O) groups excluding carboxylic acids is 2. The van der Waals surface area contributed by atoms with Crippen molar-refractivity contribution < 1.29 is 29.3 Å². The molecule has 2 aromatic rings. The molecule has 1 amide bonds. The van der Waals surface area contributed by atoms with Gasteiger partial charge in [0.15, 0.2) is 0 Å². The topological polar surface area (TPSA) is 96.3 Å². The van der Waals surface area contributed by atoms with E-state index in [0.717, 1.165) is 32.1 Å². The molecule has 1 unspecified atom stereocenters. The lowest BCUT2D eigenvalue weighted by Crippen LogP contribution is -2.40. The number of phenols is 1. The van der Waals surface area contributed by atoms with Crippen LogP contribution in [-0.2, 0) is 9.59 Å². The lowest BCUT2D eigenvalue weighted by molar-refractivity contribution is -0.141. The lowest BCUT2D eigenvalue weighted by atomic mass is 9.91. The molecule has 0 radical (unpaired) electrons. The highest BCUT2D eigenvalue weighted by molar-refractivity contribution is 6.46. The Bertz CT molecular complexity index is 1050. The van der Waals surface area contributed by atoms with Crippen molar-refractivity contribution in [1.29, 1.82) is 0 Å². The van der Waals surface area contributed by atoms with E-state index in [1.54, 1.807) is 35.2 Å². The van der Waals surface area contributed by atoms with Crippen LogP contribution in [-0.4, -0.2) is 47.1 Å². The zero-order chi connectivity index (χ0) is 22.8. The minimum atomic E-state index is -0.745. The van der Waals surface area contributed by atoms with Gasteiger partial charge in [0.05, 0.1) is 31.4 Å². The summed E-state index contributed by atoms with van der Waals surface area (Å²) in [5, 5.41) is 21.0. The molecular weight excluding hydrogens is 410 g/mol. The number of aliphatic hydroxyl groups is 1. The van der Waals surface area contributed by atoms with Gasteiger partial charge in [0, 0.05) is 12.1 Å². The number of phenolic OH excluding ortho intramolecular Hbond substituents is 1. The van der Waals surface area contributed by atoms with Crippen molar-refractivity contribution >= 4 is 17.4 Å². The number of aromatic hydroxyl groups is 1. The number of likely N-dealkylation sites (tertiary alicyclic amines) is 1. The van der Waals surface area contributed by atoms with Crippen LogP contribution >= 0.6 is 0 Å². The number of carbonyl (C=O) groups is 2. The van der Waals surface area contributed by atoms with Gasteiger partial charge < -0.3 is 24.6 Å². The average molecular weight is 437 g/mol. The molecule has 2 fully saturated rings. The molecule has 0 spiro atoms. The summed E-state index contributed by atoms with van der Waals surface area (Å²) in [7, 11) is 2.98. The second kappa shape index (κ2) is 8.94. The zero-order valence-corrected chi connectivity index (χ0v) is 18.2. The Morgan fingerprint density at radius 1 is 0.969 bits per heavy atom. The van der Waals surface area contributed by atoms with Gasteiger partial charge in [0.2, 0.25) is 0 Å². The molecule has 1 saturated heterocycles. The molecule has 168 valence electrons. The number of nitrogens with zero attached hydrogens (tertiary/aromatic N) is 1. The third-order valence-corrected chi connectivity index (χ3v) is 6.32. The summed E-state index contributed by atoms with van der Waals surface area (Å²) in [5.41, 5.74) is 0.982. The number of aliphatic hydroxyl groups excluding tert-OH is 1. The first-order chi connectivity index (χ1) is 15.5. The second-order valence-electron chi connectivity index (χ2n) is 8.16. The normalized spacial score (nSPS) is 21.1. The third kappa shape index (κ3) is 3.79. The zero-order valence-electron chi connectivity index (χ0n) is 18.2. The number of rotatable bonds is 5. The van der Waals surface area contributed by atoms with E-state index < -0.39 is 17.7 Å². The number of methoxy groups -OCH3 is 2. The highest BCUT2D eigenvalue weighted by Crippen LogP contribution is 2.44. The fourth-order valence-electron chi connectivity index (χ4n) is 4.71. The molecule has 1 aliphatic heterocycles. The van der Waals surface area contributed by atoms with Gasteiger partial charge in [-0.2, -0.15) is 0 Å². The number of hydrogen-bond acceptors (Lipinski definition) is 6. The Kier molecular flexibility index (Phi) is 6.08. The lowest BCUT2D eigenvalue weighted by Gasteiger charge is -2.35. The molecule has 2 aromatic carbocycles. The van der Waals surface area contributed by atoms with Crippen LogP contribution in [0.15, 0.2) is 48.0 Å². The fourth-order valence-corrected chi connectivity index (χ4v) is 4.71. The third-order valence-electron chi connectivity index (χ3n) is 6.32. The standard InChI is InChI=1S/C25H27NO6/c1-31-18-12-13-19(20(14-18)32-2)23(28)21-22(15-8-10-17(27)11-9-15)26(25(30)24(21)29)16-6-4-3-5-7-16/h8-14,16,22,27-28H,3-7H2,1-2H3/b23-21-. The number of benzene rings is 2. The van der Waals surface area contributed by atoms with Crippen LogP contribution in [0.5, 0.6) is 17.2 Å². The molecule has 32 heavy (non-hydrogen) atoms. The highest BCUT2D eigenvalue weighted by atomic mass is 16.5. The summed E-state index contributed by atoms with van der Waals surface area (Å²) in [6.07, 6.45) is 4.71. The second-order valence-corrected chi connectivity index (χ2v) is 8.16. The Hall–Kier alpha value is -3.48. The molecule has 1 saturated carbocycles. The first-order valence-corrected chi connectivity index (χ1v) is 10.8. The van der Waals surface area contributed by atoms with E-state index in [2.05, 4.69) is 0 Å². The minimum absolute atomic E-state index is 0.0229. The number of ether oxygens (including phenoxy) is 2. The van der Waals surface area contributed by atoms with Crippen molar-refractivity contribution in [3.8, 4) is 17.2 Å². The number of ketones is 1. The summed E-state index contributed by atoms with van der Waals surface area (Å²) in [6, 6.07) is 10.4. The van der Waals surface area contributed by atoms with E-state index in [9.17, 15) is 19.8 Å². The summed E-state index contributed by atoms with van der Waals surface area (Å²) in [5.74, 6) is -0.668. The highest BCUT2D eigenvalue weighted by Gasteiger charge is 2.49. The number of amides is 1. The Morgan fingerprint density at radius 2 is 1.66 bits per heavy atom. The van der Waals surface area contributed by atoms with Crippen LogP contribution in [0.4, 0.5) is 0 Å². The van der Waals surface area contributed by atoms with Crippen LogP contribution in [0.25, 0.3) is 5.76 Å². The maximum Gasteiger partial charge on any atom is 0.295 e. The molecule has 7 heteroatoms. The predicted octanol–water partition coefficient (Wildman–Crippen LogP) is 4.16. The first kappa shape index (κ1) is 21.7. The van der Waals surface area contributed by atoms with Crippen LogP contribution in [0, 0.1) is 0 Å². The number of hydrogen-bond donors (Lipinski definition) is 2. The van der Waals surface area contributed by atoms with Crippen molar-refractivity contribution in [2.24, 2.45) is 0 Å². The molecule has 2 N–H and O–H groups in total. The van der Waals surface area contributed by atoms with Gasteiger partial charge in [-0.1, -0.05) is 31.4 Å². The fraction of sp³-hybridized carbons (Fsp3) is 0.360. The molecule has 1 aliphatic carbocycles. The summed E-state index contributed by atoms with van der Waals surface area (Å²) >= 11 is 0. The van der Waals surface area contributed by atoms with Crippen LogP contribution < -0.4 is 9.47 Å². The van der Waals surface area contributed by atoms with Gasteiger partial charge in [-0.15, -0.1) is 0 Å². The van der Waals surface area contributed by atoms with Crippen molar-refractivity contribution in [2.75, 3.05) is 14.2 Å². The Labute approximate surface area is 186 Å². The van der Waals surface area contributed by atoms with Crippen molar-refractivity contribution in [2.45, 2.75) is 44.2 Å². The summed E-state index contributed by atoms with van der Waals surface area (Å²) < 4.78 is 10.6. The van der Waals surface area contributed by atoms with Crippen LogP contribution in [0.2, 0.25) is 0 Å². The van der Waals surface area contributed by atoms with E-state index in [1.165, 1.54) is 26.4 Å². The maximum atomic E-state index is 13.2. The van der Waals surface area contributed by atoms with E-state index in [4.69, 9.17) is 9.47 Å². The Balaban J connectivity index is 1.89. The van der Waals surface area contributed by atoms with E-state index >= 15 is 0 Å². The monoisotopic (exact) mass is 437 g/mol. The van der Waals surface area contributed by atoms with Gasteiger partial charge in [-0.3, -0.25) is 9.59 Å². The van der Waals surface area contributed by atoms with E-state index in [1.807, 2.05) is 0 Å². The molecular formula is C25H27NO6. The Morgan fingerprint density at radius 3 is 2.28 bits per heavy atom. The molecule has 4 rings (SSSR count). The van der Waals surface area contributed by atoms with Crippen molar-refractivity contribution in [1.82, 2.24) is 4.90 Å². The van der Waals surface area contributed by atoms with Gasteiger partial charge in [-0.25, -0.2) is 0 Å². The summed E-state index contributed by atoms with van der Waals surface area (Å²) in [6.45, 7) is 0. The molecule has 1 heterocycles. The number of Topliss-reactive ketones (excluding diaryl/α,β-unsaturated/α-hetero) is 1. The smallest absolute Gasteiger partial charge is 0.295 e. The van der Waals surface area contributed by atoms with E-state index in [0.29, 0.717) is 22.6 Å². The molecule has 0 aromatic heterocycles. The summed E-state index contributed by atoms with van der Waals surface area (Å²) in [4.78, 5) is 28.0. The largest absolute Gasteiger partial charge is 0.508 e. The minimum Gasteiger partial charge on any atom is -0.508 e. The maximum absolute atomic E-state index is 13.2. The van der Waals surface area contributed by atoms with Gasteiger partial charge in [0.25, 0.3) is 11.7 Å². The quantitative estimate of drug-likeness (QED) is 0.414. The van der Waals surface area contributed by atoms with Gasteiger partial charge in [-0.05, 0) is 42.7 Å². The van der Waals surface area contributed by atoms with Gasteiger partial charge in [0.1, 0.15) is 23.0 Å².